The van der Waals surface area contributed by atoms with Crippen molar-refractivity contribution < 1.29 is 0 Å². The van der Waals surface area contributed by atoms with Crippen molar-refractivity contribution in [2.75, 3.05) is 7.05 Å². The topological polar surface area (TPSA) is 60.5 Å². The number of rotatable bonds is 7. The lowest BCUT2D eigenvalue weighted by Gasteiger charge is -2.11. The van der Waals surface area contributed by atoms with Gasteiger partial charge in [-0.05, 0) is 75.6 Å². The van der Waals surface area contributed by atoms with E-state index < -0.39 is 0 Å². The Bertz CT molecular complexity index is 1280. The van der Waals surface area contributed by atoms with E-state index in [0.717, 1.165) is 33.5 Å². The van der Waals surface area contributed by atoms with E-state index >= 15 is 0 Å². The maximum atomic E-state index is 9.63. The molecule has 2 rings (SSSR count). The number of amidine groups is 1. The molecule has 0 fully saturated rings. The van der Waals surface area contributed by atoms with E-state index in [1.165, 1.54) is 0 Å². The van der Waals surface area contributed by atoms with Gasteiger partial charge in [-0.2, -0.15) is 5.26 Å². The highest BCUT2D eigenvalue weighted by molar-refractivity contribution is 6.14. The standard InChI is InChI=1S/C30H32N4/c1-9-27(32-8)15-14-22(4)24(6)33-30(28-12-10-11-20(2)17-23(28)5)34-25(7)29-16-13-21(3)18-26(29)19-31/h9,12-18,20,32H,1,6H2,2-5,7-8H3/b22-14+,27-15+,33-30?,34-25?/t20-/m0/s1. The molecule has 0 amide bonds. The summed E-state index contributed by atoms with van der Waals surface area (Å²) in [6.07, 6.45) is 9.57. The Balaban J connectivity index is 2.64. The molecule has 172 valence electrons. The molecular weight excluding hydrogens is 416 g/mol. The van der Waals surface area contributed by atoms with E-state index in [2.05, 4.69) is 49.4 Å². The highest BCUT2D eigenvalue weighted by Gasteiger charge is 2.14. The molecule has 1 aliphatic carbocycles. The van der Waals surface area contributed by atoms with Crippen LogP contribution in [0.5, 0.6) is 0 Å². The molecular formula is C30H32N4. The van der Waals surface area contributed by atoms with Gasteiger partial charge in [0.15, 0.2) is 5.84 Å². The second-order valence-corrected chi connectivity index (χ2v) is 8.15. The van der Waals surface area contributed by atoms with Gasteiger partial charge in [0.1, 0.15) is 0 Å². The SMILES string of the molecule is C=C/C(=C\C=C(/C)C(=C)N=C(N=C(C)c1ccc(C)cc1C#N)C1=CC#C[C@H](C)C=C1C)NC. The smallest absolute Gasteiger partial charge is 0.160 e. The number of nitrogens with one attached hydrogen (secondary N) is 1. The maximum Gasteiger partial charge on any atom is 0.160 e. The summed E-state index contributed by atoms with van der Waals surface area (Å²) in [5.74, 6) is 6.95. The van der Waals surface area contributed by atoms with Gasteiger partial charge in [0.25, 0.3) is 0 Å². The van der Waals surface area contributed by atoms with Crippen LogP contribution in [0.3, 0.4) is 0 Å². The first-order chi connectivity index (χ1) is 16.2. The van der Waals surface area contributed by atoms with Crippen LogP contribution in [0.25, 0.3) is 0 Å². The van der Waals surface area contributed by atoms with Crippen LogP contribution in [0.1, 0.15) is 44.4 Å². The third-order valence-corrected chi connectivity index (χ3v) is 5.37. The minimum absolute atomic E-state index is 0.135. The average molecular weight is 449 g/mol. The van der Waals surface area contributed by atoms with Gasteiger partial charge in [-0.25, -0.2) is 9.98 Å². The van der Waals surface area contributed by atoms with Crippen molar-refractivity contribution in [2.45, 2.75) is 34.6 Å². The monoisotopic (exact) mass is 448 g/mol. The van der Waals surface area contributed by atoms with Gasteiger partial charge < -0.3 is 5.32 Å². The molecule has 0 aliphatic heterocycles. The van der Waals surface area contributed by atoms with Crippen molar-refractivity contribution in [2.24, 2.45) is 15.9 Å². The lowest BCUT2D eigenvalue weighted by atomic mass is 10.0. The quantitative estimate of drug-likeness (QED) is 0.229. The number of hydrogen-bond acceptors (Lipinski definition) is 3. The van der Waals surface area contributed by atoms with Gasteiger partial charge in [0.05, 0.1) is 17.3 Å². The molecule has 0 unspecified atom stereocenters. The molecule has 0 radical (unpaired) electrons. The Morgan fingerprint density at radius 3 is 2.59 bits per heavy atom. The number of likely N-dealkylation sites (N-methyl/N-ethyl adjacent to an activating group) is 1. The zero-order valence-corrected chi connectivity index (χ0v) is 21.0. The van der Waals surface area contributed by atoms with Crippen molar-refractivity contribution in [1.82, 2.24) is 5.32 Å². The minimum atomic E-state index is 0.135. The van der Waals surface area contributed by atoms with E-state index in [1.54, 1.807) is 6.08 Å². The molecule has 1 aromatic rings. The molecule has 34 heavy (non-hydrogen) atoms. The van der Waals surface area contributed by atoms with E-state index in [-0.39, 0.29) is 5.92 Å². The first kappa shape index (κ1) is 26.1. The molecule has 0 heterocycles. The van der Waals surface area contributed by atoms with Crippen LogP contribution >= 0.6 is 0 Å². The van der Waals surface area contributed by atoms with Crippen molar-refractivity contribution in [3.63, 3.8) is 0 Å². The largest absolute Gasteiger partial charge is 0.388 e. The molecule has 1 aliphatic rings. The molecule has 1 N–H and O–H groups in total. The predicted molar refractivity (Wildman–Crippen MR) is 145 cm³/mol. The van der Waals surface area contributed by atoms with Gasteiger partial charge in [-0.15, -0.1) is 0 Å². The van der Waals surface area contributed by atoms with Crippen LogP contribution in [0.2, 0.25) is 0 Å². The first-order valence-corrected chi connectivity index (χ1v) is 11.1. The Kier molecular flexibility index (Phi) is 9.36. The van der Waals surface area contributed by atoms with Crippen molar-refractivity contribution >= 4 is 11.5 Å². The van der Waals surface area contributed by atoms with Crippen molar-refractivity contribution in [3.05, 3.63) is 107 Å². The van der Waals surface area contributed by atoms with Gasteiger partial charge in [0, 0.05) is 35.5 Å². The molecule has 0 saturated carbocycles. The van der Waals surface area contributed by atoms with Gasteiger partial charge in [-0.1, -0.05) is 49.3 Å². The predicted octanol–water partition coefficient (Wildman–Crippen LogP) is 6.35. The van der Waals surface area contributed by atoms with Gasteiger partial charge in [0.2, 0.25) is 0 Å². The lowest BCUT2D eigenvalue weighted by molar-refractivity contribution is 0.970. The van der Waals surface area contributed by atoms with Crippen LogP contribution in [-0.4, -0.2) is 18.6 Å². The summed E-state index contributed by atoms with van der Waals surface area (Å²) in [7, 11) is 1.84. The first-order valence-electron chi connectivity index (χ1n) is 11.1. The van der Waals surface area contributed by atoms with Crippen LogP contribution in [0, 0.1) is 36.0 Å². The van der Waals surface area contributed by atoms with Crippen molar-refractivity contribution in [3.8, 4) is 17.9 Å². The Morgan fingerprint density at radius 1 is 1.21 bits per heavy atom. The van der Waals surface area contributed by atoms with Gasteiger partial charge in [-0.3, -0.25) is 0 Å². The average Bonchev–Trinajstić information content (AvgIpc) is 2.98. The fourth-order valence-corrected chi connectivity index (χ4v) is 3.32. The van der Waals surface area contributed by atoms with E-state index in [1.807, 2.05) is 71.2 Å². The Morgan fingerprint density at radius 2 is 1.94 bits per heavy atom. The molecule has 0 saturated heterocycles. The molecule has 4 heteroatoms. The van der Waals surface area contributed by atoms with Crippen LogP contribution in [0.15, 0.2) is 99.8 Å². The van der Waals surface area contributed by atoms with Crippen LogP contribution in [0.4, 0.5) is 0 Å². The fraction of sp³-hybridized carbons (Fsp3) is 0.233. The number of allylic oxidation sites excluding steroid dienone is 6. The zero-order chi connectivity index (χ0) is 25.3. The van der Waals surface area contributed by atoms with Crippen LogP contribution < -0.4 is 5.32 Å². The highest BCUT2D eigenvalue weighted by Crippen LogP contribution is 2.21. The summed E-state index contributed by atoms with van der Waals surface area (Å²) in [5.41, 5.74) is 7.34. The lowest BCUT2D eigenvalue weighted by Crippen LogP contribution is -2.08. The summed E-state index contributed by atoms with van der Waals surface area (Å²) in [4.78, 5) is 9.70. The highest BCUT2D eigenvalue weighted by atomic mass is 14.9. The molecule has 1 aromatic carbocycles. The van der Waals surface area contributed by atoms with E-state index in [9.17, 15) is 5.26 Å². The number of aryl methyl sites for hydroxylation is 1. The minimum Gasteiger partial charge on any atom is -0.388 e. The molecule has 0 bridgehead atoms. The number of hydrogen-bond donors (Lipinski definition) is 1. The summed E-state index contributed by atoms with van der Waals surface area (Å²) in [5, 5.41) is 12.7. The summed E-state index contributed by atoms with van der Waals surface area (Å²) in [6.45, 7) is 17.9. The molecule has 1 atom stereocenters. The zero-order valence-electron chi connectivity index (χ0n) is 21.0. The Labute approximate surface area is 204 Å². The molecule has 0 aromatic heterocycles. The van der Waals surface area contributed by atoms with Crippen molar-refractivity contribution in [1.29, 1.82) is 5.26 Å². The Hall–Kier alpha value is -4.15. The number of nitrogens with zero attached hydrogens (tertiary/aromatic N) is 3. The normalized spacial score (nSPS) is 16.9. The van der Waals surface area contributed by atoms with Gasteiger partial charge >= 0.3 is 0 Å². The number of aliphatic imine (C=N–C) groups is 2. The third kappa shape index (κ3) is 6.92. The molecule has 0 spiro atoms. The fourth-order valence-electron chi connectivity index (χ4n) is 3.32. The molecule has 4 nitrogen and oxygen atoms in total. The number of nitriles is 1. The maximum absolute atomic E-state index is 9.63. The summed E-state index contributed by atoms with van der Waals surface area (Å²) >= 11 is 0. The second-order valence-electron chi connectivity index (χ2n) is 8.15. The van der Waals surface area contributed by atoms with Crippen LogP contribution in [-0.2, 0) is 0 Å². The van der Waals surface area contributed by atoms with E-state index in [0.29, 0.717) is 22.8 Å². The van der Waals surface area contributed by atoms with E-state index in [4.69, 9.17) is 9.98 Å². The summed E-state index contributed by atoms with van der Waals surface area (Å²) in [6, 6.07) is 8.05. The summed E-state index contributed by atoms with van der Waals surface area (Å²) < 4.78 is 0. The number of benzene rings is 1. The third-order valence-electron chi connectivity index (χ3n) is 5.37. The second kappa shape index (κ2) is 12.2.